The molecule has 14 heavy (non-hydrogen) atoms. The zero-order valence-corrected chi connectivity index (χ0v) is 9.23. The molecule has 3 heteroatoms. The first-order valence-electron chi connectivity index (χ1n) is 4.93. The Kier molecular flexibility index (Phi) is 2.66. The molecule has 1 aromatic rings. The third kappa shape index (κ3) is 1.72. The Morgan fingerprint density at radius 3 is 3.07 bits per heavy atom. The summed E-state index contributed by atoms with van der Waals surface area (Å²) in [5.74, 6) is 0. The topological polar surface area (TPSA) is 24.1 Å². The molecule has 1 aromatic carbocycles. The summed E-state index contributed by atoms with van der Waals surface area (Å²) in [4.78, 5) is 0. The minimum absolute atomic E-state index is 0.473. The summed E-state index contributed by atoms with van der Waals surface area (Å²) < 4.78 is 0. The van der Waals surface area contributed by atoms with Crippen LogP contribution in [0.25, 0.3) is 0 Å². The first-order valence-corrected chi connectivity index (χ1v) is 5.30. The first-order chi connectivity index (χ1) is 6.70. The monoisotopic (exact) mass is 210 g/mol. The van der Waals surface area contributed by atoms with Crippen molar-refractivity contribution < 1.29 is 0 Å². The molecule has 1 aliphatic rings. The molecule has 0 aromatic heterocycles. The molecule has 2 nitrogen and oxygen atoms in total. The molecule has 0 spiro atoms. The largest absolute Gasteiger partial charge is 0.380 e. The fourth-order valence-corrected chi connectivity index (χ4v) is 2.06. The Labute approximate surface area is 89.7 Å². The highest BCUT2D eigenvalue weighted by molar-refractivity contribution is 6.30. The lowest BCUT2D eigenvalue weighted by Gasteiger charge is -2.18. The average molecular weight is 211 g/mol. The summed E-state index contributed by atoms with van der Waals surface area (Å²) in [6, 6.07) is 6.99. The van der Waals surface area contributed by atoms with Crippen molar-refractivity contribution in [1.29, 1.82) is 0 Å². The zero-order valence-electron chi connectivity index (χ0n) is 8.47. The average Bonchev–Trinajstić information content (AvgIpc) is 2.59. The number of benzene rings is 1. The van der Waals surface area contributed by atoms with Gasteiger partial charge in [-0.15, -0.1) is 0 Å². The van der Waals surface area contributed by atoms with Crippen molar-refractivity contribution in [3.63, 3.8) is 0 Å². The standard InChI is InChI=1S/C11H15ClN2/c1-7(13-2)11-6-8-5-9(12)3-4-10(8)14-11/h3-5,7,11,13-14H,6H2,1-2H3. The van der Waals surface area contributed by atoms with Crippen LogP contribution in [-0.2, 0) is 6.42 Å². The summed E-state index contributed by atoms with van der Waals surface area (Å²) in [5, 5.41) is 7.57. The van der Waals surface area contributed by atoms with Gasteiger partial charge in [0.1, 0.15) is 0 Å². The van der Waals surface area contributed by atoms with Crippen LogP contribution in [0.3, 0.4) is 0 Å². The van der Waals surface area contributed by atoms with E-state index >= 15 is 0 Å². The molecule has 0 saturated heterocycles. The molecule has 0 fully saturated rings. The van der Waals surface area contributed by atoms with Crippen molar-refractivity contribution in [1.82, 2.24) is 5.32 Å². The highest BCUT2D eigenvalue weighted by Crippen LogP contribution is 2.29. The third-order valence-electron chi connectivity index (χ3n) is 2.91. The van der Waals surface area contributed by atoms with E-state index in [-0.39, 0.29) is 0 Å². The molecule has 1 heterocycles. The number of nitrogens with one attached hydrogen (secondary N) is 2. The number of anilines is 1. The smallest absolute Gasteiger partial charge is 0.0452 e. The zero-order chi connectivity index (χ0) is 10.1. The molecule has 76 valence electrons. The molecule has 0 amide bonds. The molecule has 0 saturated carbocycles. The second-order valence-electron chi connectivity index (χ2n) is 3.83. The van der Waals surface area contributed by atoms with E-state index in [2.05, 4.69) is 23.6 Å². The van der Waals surface area contributed by atoms with Crippen molar-refractivity contribution in [3.05, 3.63) is 28.8 Å². The van der Waals surface area contributed by atoms with Crippen LogP contribution >= 0.6 is 11.6 Å². The van der Waals surface area contributed by atoms with Crippen LogP contribution < -0.4 is 10.6 Å². The maximum absolute atomic E-state index is 5.94. The van der Waals surface area contributed by atoms with Gasteiger partial charge in [-0.05, 0) is 44.2 Å². The summed E-state index contributed by atoms with van der Waals surface area (Å²) in [6.45, 7) is 2.19. The van der Waals surface area contributed by atoms with E-state index in [0.717, 1.165) is 11.4 Å². The van der Waals surface area contributed by atoms with Crippen molar-refractivity contribution in [2.45, 2.75) is 25.4 Å². The van der Waals surface area contributed by atoms with E-state index in [1.165, 1.54) is 11.3 Å². The van der Waals surface area contributed by atoms with Gasteiger partial charge in [-0.2, -0.15) is 0 Å². The van der Waals surface area contributed by atoms with Gasteiger partial charge in [0.25, 0.3) is 0 Å². The van der Waals surface area contributed by atoms with Gasteiger partial charge in [-0.3, -0.25) is 0 Å². The van der Waals surface area contributed by atoms with Crippen LogP contribution in [0.15, 0.2) is 18.2 Å². The molecule has 2 unspecified atom stereocenters. The SMILES string of the molecule is CNC(C)C1Cc2cc(Cl)ccc2N1. The van der Waals surface area contributed by atoms with E-state index < -0.39 is 0 Å². The van der Waals surface area contributed by atoms with Gasteiger partial charge in [0.15, 0.2) is 0 Å². The molecule has 0 bridgehead atoms. The third-order valence-corrected chi connectivity index (χ3v) is 3.14. The Morgan fingerprint density at radius 2 is 2.36 bits per heavy atom. The Hall–Kier alpha value is -0.730. The van der Waals surface area contributed by atoms with Gasteiger partial charge in [0, 0.05) is 22.8 Å². The van der Waals surface area contributed by atoms with E-state index in [4.69, 9.17) is 11.6 Å². The van der Waals surface area contributed by atoms with Crippen molar-refractivity contribution in [2.75, 3.05) is 12.4 Å². The van der Waals surface area contributed by atoms with Gasteiger partial charge in [-0.1, -0.05) is 11.6 Å². The van der Waals surface area contributed by atoms with Gasteiger partial charge < -0.3 is 10.6 Å². The highest BCUT2D eigenvalue weighted by atomic mass is 35.5. The summed E-state index contributed by atoms with van der Waals surface area (Å²) in [6.07, 6.45) is 1.05. The molecule has 0 radical (unpaired) electrons. The molecule has 2 atom stereocenters. The van der Waals surface area contributed by atoms with E-state index in [9.17, 15) is 0 Å². The molecular weight excluding hydrogens is 196 g/mol. The van der Waals surface area contributed by atoms with Crippen LogP contribution in [0.2, 0.25) is 5.02 Å². The summed E-state index contributed by atoms with van der Waals surface area (Å²) in [5.41, 5.74) is 2.55. The van der Waals surface area contributed by atoms with E-state index in [1.807, 2.05) is 19.2 Å². The first kappa shape index (κ1) is 9.81. The fraction of sp³-hybridized carbons (Fsp3) is 0.455. The minimum Gasteiger partial charge on any atom is -0.380 e. The minimum atomic E-state index is 0.473. The molecule has 1 aliphatic heterocycles. The van der Waals surface area contributed by atoms with Crippen LogP contribution in [0.5, 0.6) is 0 Å². The van der Waals surface area contributed by atoms with Crippen molar-refractivity contribution >= 4 is 17.3 Å². The van der Waals surface area contributed by atoms with Gasteiger partial charge in [0.2, 0.25) is 0 Å². The second-order valence-corrected chi connectivity index (χ2v) is 4.27. The maximum Gasteiger partial charge on any atom is 0.0452 e. The predicted octanol–water partition coefficient (Wildman–Crippen LogP) is 2.28. The number of hydrogen-bond donors (Lipinski definition) is 2. The quantitative estimate of drug-likeness (QED) is 0.783. The summed E-state index contributed by atoms with van der Waals surface area (Å²) >= 11 is 5.94. The van der Waals surface area contributed by atoms with Gasteiger partial charge >= 0.3 is 0 Å². The van der Waals surface area contributed by atoms with Crippen molar-refractivity contribution in [2.24, 2.45) is 0 Å². The Morgan fingerprint density at radius 1 is 1.57 bits per heavy atom. The Bertz CT molecular complexity index is 338. The van der Waals surface area contributed by atoms with Crippen LogP contribution in [0, 0.1) is 0 Å². The van der Waals surface area contributed by atoms with Gasteiger partial charge in [0.05, 0.1) is 0 Å². The maximum atomic E-state index is 5.94. The number of likely N-dealkylation sites (N-methyl/N-ethyl adjacent to an activating group) is 1. The van der Waals surface area contributed by atoms with E-state index in [1.54, 1.807) is 0 Å². The number of hydrogen-bond acceptors (Lipinski definition) is 2. The van der Waals surface area contributed by atoms with Crippen LogP contribution in [-0.4, -0.2) is 19.1 Å². The fourth-order valence-electron chi connectivity index (χ4n) is 1.86. The molecule has 2 rings (SSSR count). The lowest BCUT2D eigenvalue weighted by atomic mass is 10.1. The Balaban J connectivity index is 2.17. The van der Waals surface area contributed by atoms with Crippen molar-refractivity contribution in [3.8, 4) is 0 Å². The number of rotatable bonds is 2. The highest BCUT2D eigenvalue weighted by Gasteiger charge is 2.24. The lowest BCUT2D eigenvalue weighted by molar-refractivity contribution is 0.527. The van der Waals surface area contributed by atoms with E-state index in [0.29, 0.717) is 12.1 Å². The molecule has 2 N–H and O–H groups in total. The number of fused-ring (bicyclic) bond motifs is 1. The second kappa shape index (κ2) is 3.79. The van der Waals surface area contributed by atoms with Crippen LogP contribution in [0.4, 0.5) is 5.69 Å². The summed E-state index contributed by atoms with van der Waals surface area (Å²) in [7, 11) is 1.99. The predicted molar refractivity (Wildman–Crippen MR) is 61.1 cm³/mol. The molecular formula is C11H15ClN2. The number of halogens is 1. The van der Waals surface area contributed by atoms with Crippen LogP contribution in [0.1, 0.15) is 12.5 Å². The lowest BCUT2D eigenvalue weighted by Crippen LogP contribution is -2.38. The normalized spacial score (nSPS) is 21.5. The van der Waals surface area contributed by atoms with Gasteiger partial charge in [-0.25, -0.2) is 0 Å². The molecule has 0 aliphatic carbocycles.